The van der Waals surface area contributed by atoms with Crippen LogP contribution in [-0.2, 0) is 9.59 Å². The van der Waals surface area contributed by atoms with Crippen molar-refractivity contribution in [1.82, 2.24) is 9.80 Å². The minimum atomic E-state index is -0.626. The topological polar surface area (TPSA) is 40.6 Å². The molecule has 96 valence electrons. The van der Waals surface area contributed by atoms with Crippen LogP contribution >= 0.6 is 21.6 Å². The fourth-order valence-electron chi connectivity index (χ4n) is 2.42. The van der Waals surface area contributed by atoms with Gasteiger partial charge in [0, 0.05) is 19.3 Å². The zero-order valence-electron chi connectivity index (χ0n) is 10.4. The first-order valence-electron chi connectivity index (χ1n) is 5.94. The standard InChI is InChI=1S/C11H18N2O2S2/c1-4-16-17-11-6-5-7-13(11)9(14)8(2)12(3)10(11)15/h8H,4-7H2,1-3H3/t8-,11-/m1/s1. The lowest BCUT2D eigenvalue weighted by Crippen LogP contribution is -2.66. The number of carbonyl (C=O) groups excluding carboxylic acids is 2. The number of hydrogen-bond acceptors (Lipinski definition) is 4. The Hall–Kier alpha value is -0.360. The molecule has 0 saturated carbocycles. The van der Waals surface area contributed by atoms with Gasteiger partial charge in [0.2, 0.25) is 5.91 Å². The number of hydrogen-bond donors (Lipinski definition) is 0. The number of rotatable bonds is 3. The molecule has 0 spiro atoms. The molecule has 0 bridgehead atoms. The van der Waals surface area contributed by atoms with Crippen molar-refractivity contribution < 1.29 is 9.59 Å². The van der Waals surface area contributed by atoms with Gasteiger partial charge in [0.25, 0.3) is 5.91 Å². The fraction of sp³-hybridized carbons (Fsp3) is 0.818. The average Bonchev–Trinajstić information content (AvgIpc) is 2.76. The van der Waals surface area contributed by atoms with Gasteiger partial charge in [-0.3, -0.25) is 9.59 Å². The Balaban J connectivity index is 2.32. The highest BCUT2D eigenvalue weighted by Gasteiger charge is 2.57. The third kappa shape index (κ3) is 1.85. The lowest BCUT2D eigenvalue weighted by atomic mass is 10.1. The molecule has 0 aromatic carbocycles. The summed E-state index contributed by atoms with van der Waals surface area (Å²) in [6.45, 7) is 4.59. The van der Waals surface area contributed by atoms with Gasteiger partial charge in [-0.25, -0.2) is 0 Å². The van der Waals surface area contributed by atoms with Gasteiger partial charge in [0.1, 0.15) is 6.04 Å². The molecule has 2 atom stereocenters. The van der Waals surface area contributed by atoms with Crippen LogP contribution in [0.15, 0.2) is 0 Å². The van der Waals surface area contributed by atoms with Crippen molar-refractivity contribution in [3.63, 3.8) is 0 Å². The van der Waals surface area contributed by atoms with E-state index in [4.69, 9.17) is 0 Å². The number of likely N-dealkylation sites (N-methyl/N-ethyl adjacent to an activating group) is 1. The minimum absolute atomic E-state index is 0.0908. The Morgan fingerprint density at radius 2 is 2.18 bits per heavy atom. The molecule has 2 fully saturated rings. The van der Waals surface area contributed by atoms with Crippen LogP contribution in [0.2, 0.25) is 0 Å². The van der Waals surface area contributed by atoms with E-state index in [0.717, 1.165) is 25.1 Å². The Kier molecular flexibility index (Phi) is 3.63. The average molecular weight is 274 g/mol. The third-order valence-electron chi connectivity index (χ3n) is 3.51. The number of piperazine rings is 1. The minimum Gasteiger partial charge on any atom is -0.331 e. The van der Waals surface area contributed by atoms with E-state index in [1.54, 1.807) is 45.4 Å². The summed E-state index contributed by atoms with van der Waals surface area (Å²) in [6.07, 6.45) is 1.71. The molecule has 2 amide bonds. The predicted molar refractivity (Wildman–Crippen MR) is 71.6 cm³/mol. The van der Waals surface area contributed by atoms with E-state index in [2.05, 4.69) is 6.92 Å². The molecule has 0 unspecified atom stereocenters. The largest absolute Gasteiger partial charge is 0.331 e. The van der Waals surface area contributed by atoms with Crippen LogP contribution in [0, 0.1) is 0 Å². The number of fused-ring (bicyclic) bond motifs is 1. The van der Waals surface area contributed by atoms with Crippen LogP contribution in [0.4, 0.5) is 0 Å². The summed E-state index contributed by atoms with van der Waals surface area (Å²) in [5.41, 5.74) is 0. The van der Waals surface area contributed by atoms with Gasteiger partial charge < -0.3 is 9.80 Å². The maximum atomic E-state index is 12.5. The van der Waals surface area contributed by atoms with E-state index in [0.29, 0.717) is 0 Å². The zero-order chi connectivity index (χ0) is 12.6. The van der Waals surface area contributed by atoms with Crippen molar-refractivity contribution in [3.8, 4) is 0 Å². The summed E-state index contributed by atoms with van der Waals surface area (Å²) in [6, 6.07) is -0.319. The van der Waals surface area contributed by atoms with Crippen molar-refractivity contribution in [1.29, 1.82) is 0 Å². The molecule has 0 radical (unpaired) electrons. The quantitative estimate of drug-likeness (QED) is 0.733. The second kappa shape index (κ2) is 4.72. The molecule has 6 heteroatoms. The number of nitrogens with zero attached hydrogens (tertiary/aromatic N) is 2. The van der Waals surface area contributed by atoms with Gasteiger partial charge in [-0.15, -0.1) is 0 Å². The Labute approximate surface area is 110 Å². The van der Waals surface area contributed by atoms with Crippen molar-refractivity contribution in [2.75, 3.05) is 19.3 Å². The third-order valence-corrected chi connectivity index (χ3v) is 6.62. The zero-order valence-corrected chi connectivity index (χ0v) is 12.1. The maximum absolute atomic E-state index is 12.5. The molecule has 2 rings (SSSR count). The van der Waals surface area contributed by atoms with Gasteiger partial charge >= 0.3 is 0 Å². The van der Waals surface area contributed by atoms with E-state index >= 15 is 0 Å². The molecule has 0 aliphatic carbocycles. The summed E-state index contributed by atoms with van der Waals surface area (Å²) in [4.78, 5) is 27.5. The Bertz CT molecular complexity index is 350. The van der Waals surface area contributed by atoms with E-state index < -0.39 is 4.87 Å². The van der Waals surface area contributed by atoms with Crippen molar-refractivity contribution in [3.05, 3.63) is 0 Å². The summed E-state index contributed by atoms with van der Waals surface area (Å²) < 4.78 is 0. The predicted octanol–water partition coefficient (Wildman–Crippen LogP) is 1.57. The van der Waals surface area contributed by atoms with E-state index in [-0.39, 0.29) is 17.9 Å². The summed E-state index contributed by atoms with van der Waals surface area (Å²) in [5, 5.41) is 0. The first-order valence-corrected chi connectivity index (χ1v) is 8.26. The summed E-state index contributed by atoms with van der Waals surface area (Å²) in [5.74, 6) is 1.13. The van der Waals surface area contributed by atoms with Gasteiger partial charge in [-0.1, -0.05) is 28.5 Å². The van der Waals surface area contributed by atoms with Gasteiger partial charge in [-0.05, 0) is 19.8 Å². The van der Waals surface area contributed by atoms with Crippen molar-refractivity contribution in [2.24, 2.45) is 0 Å². The maximum Gasteiger partial charge on any atom is 0.260 e. The lowest BCUT2D eigenvalue weighted by molar-refractivity contribution is -0.158. The van der Waals surface area contributed by atoms with Gasteiger partial charge in [0.15, 0.2) is 4.87 Å². The van der Waals surface area contributed by atoms with Crippen molar-refractivity contribution >= 4 is 33.4 Å². The first-order chi connectivity index (χ1) is 8.04. The smallest absolute Gasteiger partial charge is 0.260 e. The first kappa shape index (κ1) is 13.1. The molecule has 2 aliphatic heterocycles. The van der Waals surface area contributed by atoms with Crippen LogP contribution in [0.25, 0.3) is 0 Å². The number of carbonyl (C=O) groups is 2. The molecule has 2 saturated heterocycles. The monoisotopic (exact) mass is 274 g/mol. The number of amides is 2. The van der Waals surface area contributed by atoms with Gasteiger partial charge in [-0.2, -0.15) is 0 Å². The van der Waals surface area contributed by atoms with E-state index in [1.807, 2.05) is 0 Å². The van der Waals surface area contributed by atoms with Crippen LogP contribution < -0.4 is 0 Å². The molecule has 4 nitrogen and oxygen atoms in total. The van der Waals surface area contributed by atoms with Crippen LogP contribution in [0.3, 0.4) is 0 Å². The molecule has 0 N–H and O–H groups in total. The van der Waals surface area contributed by atoms with Crippen molar-refractivity contribution in [2.45, 2.75) is 37.6 Å². The SMILES string of the molecule is CCSS[C@@]12CCCN1C(=O)[C@@H](C)N(C)C2=O. The highest BCUT2D eigenvalue weighted by Crippen LogP contribution is 2.48. The summed E-state index contributed by atoms with van der Waals surface area (Å²) >= 11 is 0. The molecule has 2 heterocycles. The highest BCUT2D eigenvalue weighted by molar-refractivity contribution is 8.77. The molecule has 0 aromatic heterocycles. The van der Waals surface area contributed by atoms with E-state index in [9.17, 15) is 9.59 Å². The second-order valence-corrected chi connectivity index (χ2v) is 7.32. The molecular weight excluding hydrogens is 256 g/mol. The highest BCUT2D eigenvalue weighted by atomic mass is 33.1. The second-order valence-electron chi connectivity index (χ2n) is 4.46. The van der Waals surface area contributed by atoms with Crippen LogP contribution in [-0.4, -0.2) is 51.9 Å². The van der Waals surface area contributed by atoms with E-state index in [1.165, 1.54) is 0 Å². The van der Waals surface area contributed by atoms with Gasteiger partial charge in [0.05, 0.1) is 0 Å². The molecule has 17 heavy (non-hydrogen) atoms. The summed E-state index contributed by atoms with van der Waals surface area (Å²) in [7, 11) is 4.97. The molecule has 2 aliphatic rings. The van der Waals surface area contributed by atoms with Crippen LogP contribution in [0.5, 0.6) is 0 Å². The fourth-order valence-corrected chi connectivity index (χ4v) is 5.12. The molecular formula is C11H18N2O2S2. The Morgan fingerprint density at radius 1 is 1.47 bits per heavy atom. The normalized spacial score (nSPS) is 33.2. The Morgan fingerprint density at radius 3 is 2.82 bits per heavy atom. The lowest BCUT2D eigenvalue weighted by Gasteiger charge is -2.46. The van der Waals surface area contributed by atoms with Crippen LogP contribution in [0.1, 0.15) is 26.7 Å². The molecule has 0 aromatic rings.